The van der Waals surface area contributed by atoms with E-state index in [1.165, 1.54) is 12.3 Å². The van der Waals surface area contributed by atoms with Gasteiger partial charge in [0.1, 0.15) is 6.07 Å². The normalized spacial score (nSPS) is 16.4. The standard InChI is InChI=1S/C12H13N3O2/c13-6-9-7-15-11(5-10(9)12(16)17)8-1-3-14-4-2-8/h5,7-8,14H,1-4H2,(H,16,17). The summed E-state index contributed by atoms with van der Waals surface area (Å²) < 4.78 is 0. The molecular weight excluding hydrogens is 218 g/mol. The first kappa shape index (κ1) is 11.6. The highest BCUT2D eigenvalue weighted by Gasteiger charge is 2.19. The summed E-state index contributed by atoms with van der Waals surface area (Å²) in [5.74, 6) is -0.777. The number of pyridine rings is 1. The highest BCUT2D eigenvalue weighted by atomic mass is 16.4. The summed E-state index contributed by atoms with van der Waals surface area (Å²) in [6.07, 6.45) is 3.27. The summed E-state index contributed by atoms with van der Waals surface area (Å²) in [6.45, 7) is 1.85. The van der Waals surface area contributed by atoms with E-state index in [1.54, 1.807) is 0 Å². The number of aromatic nitrogens is 1. The number of nitrogens with zero attached hydrogens (tertiary/aromatic N) is 2. The average molecular weight is 231 g/mol. The number of nitrogens with one attached hydrogen (secondary N) is 1. The second-order valence-corrected chi connectivity index (χ2v) is 4.10. The van der Waals surface area contributed by atoms with Crippen molar-refractivity contribution < 1.29 is 9.90 Å². The van der Waals surface area contributed by atoms with Crippen LogP contribution in [0.5, 0.6) is 0 Å². The Balaban J connectivity index is 2.33. The molecule has 1 aromatic rings. The van der Waals surface area contributed by atoms with Crippen molar-refractivity contribution >= 4 is 5.97 Å². The molecule has 88 valence electrons. The zero-order valence-electron chi connectivity index (χ0n) is 9.31. The molecule has 2 N–H and O–H groups in total. The second kappa shape index (κ2) is 4.93. The minimum Gasteiger partial charge on any atom is -0.478 e. The van der Waals surface area contributed by atoms with Gasteiger partial charge in [0.25, 0.3) is 0 Å². The third-order valence-electron chi connectivity index (χ3n) is 3.03. The molecule has 0 atom stereocenters. The Bertz CT molecular complexity index is 473. The maximum atomic E-state index is 11.0. The van der Waals surface area contributed by atoms with Gasteiger partial charge in [-0.1, -0.05) is 0 Å². The Morgan fingerprint density at radius 3 is 2.82 bits per heavy atom. The Morgan fingerprint density at radius 1 is 1.53 bits per heavy atom. The van der Waals surface area contributed by atoms with E-state index in [2.05, 4.69) is 10.3 Å². The van der Waals surface area contributed by atoms with Gasteiger partial charge in [-0.2, -0.15) is 5.26 Å². The van der Waals surface area contributed by atoms with Gasteiger partial charge < -0.3 is 10.4 Å². The lowest BCUT2D eigenvalue weighted by Crippen LogP contribution is -2.27. The van der Waals surface area contributed by atoms with Gasteiger partial charge in [0, 0.05) is 17.8 Å². The van der Waals surface area contributed by atoms with Crippen LogP contribution in [0.2, 0.25) is 0 Å². The fourth-order valence-corrected chi connectivity index (χ4v) is 2.08. The third-order valence-corrected chi connectivity index (χ3v) is 3.03. The largest absolute Gasteiger partial charge is 0.478 e. The topological polar surface area (TPSA) is 86.0 Å². The van der Waals surface area contributed by atoms with Crippen LogP contribution in [0.4, 0.5) is 0 Å². The molecule has 17 heavy (non-hydrogen) atoms. The molecule has 5 heteroatoms. The zero-order valence-corrected chi connectivity index (χ0v) is 9.31. The molecular formula is C12H13N3O2. The Morgan fingerprint density at radius 2 is 2.24 bits per heavy atom. The van der Waals surface area contributed by atoms with Crippen LogP contribution in [0.15, 0.2) is 12.3 Å². The molecule has 2 heterocycles. The molecule has 0 spiro atoms. The first-order valence-corrected chi connectivity index (χ1v) is 5.56. The predicted octanol–water partition coefficient (Wildman–Crippen LogP) is 1.12. The van der Waals surface area contributed by atoms with Crippen LogP contribution in [0.25, 0.3) is 0 Å². The van der Waals surface area contributed by atoms with E-state index >= 15 is 0 Å². The maximum absolute atomic E-state index is 11.0. The van der Waals surface area contributed by atoms with E-state index < -0.39 is 5.97 Å². The van der Waals surface area contributed by atoms with Crippen molar-refractivity contribution in [3.63, 3.8) is 0 Å². The highest BCUT2D eigenvalue weighted by Crippen LogP contribution is 2.24. The van der Waals surface area contributed by atoms with Crippen molar-refractivity contribution in [1.82, 2.24) is 10.3 Å². The second-order valence-electron chi connectivity index (χ2n) is 4.10. The number of carboxylic acid groups (broad SMARTS) is 1. The predicted molar refractivity (Wildman–Crippen MR) is 60.8 cm³/mol. The summed E-state index contributed by atoms with van der Waals surface area (Å²) in [4.78, 5) is 15.2. The molecule has 0 saturated carbocycles. The number of nitriles is 1. The molecule has 0 amide bonds. The number of aromatic carboxylic acids is 1. The molecule has 0 bridgehead atoms. The number of carboxylic acids is 1. The molecule has 0 unspecified atom stereocenters. The quantitative estimate of drug-likeness (QED) is 0.796. The van der Waals surface area contributed by atoms with Crippen LogP contribution in [0, 0.1) is 11.3 Å². The lowest BCUT2D eigenvalue weighted by atomic mass is 9.93. The van der Waals surface area contributed by atoms with Crippen molar-refractivity contribution in [2.45, 2.75) is 18.8 Å². The summed E-state index contributed by atoms with van der Waals surface area (Å²) in [6, 6.07) is 3.39. The van der Waals surface area contributed by atoms with Gasteiger partial charge in [0.15, 0.2) is 0 Å². The molecule has 2 rings (SSSR count). The monoisotopic (exact) mass is 231 g/mol. The smallest absolute Gasteiger partial charge is 0.337 e. The molecule has 0 aliphatic carbocycles. The van der Waals surface area contributed by atoms with Crippen LogP contribution >= 0.6 is 0 Å². The van der Waals surface area contributed by atoms with E-state index in [0.717, 1.165) is 31.6 Å². The van der Waals surface area contributed by atoms with Gasteiger partial charge in [0.2, 0.25) is 0 Å². The van der Waals surface area contributed by atoms with E-state index in [9.17, 15) is 4.79 Å². The summed E-state index contributed by atoms with van der Waals surface area (Å²) in [5, 5.41) is 21.1. The molecule has 1 fully saturated rings. The number of piperidine rings is 1. The fraction of sp³-hybridized carbons (Fsp3) is 0.417. The fourth-order valence-electron chi connectivity index (χ4n) is 2.08. The minimum absolute atomic E-state index is 0.0519. The van der Waals surface area contributed by atoms with E-state index in [-0.39, 0.29) is 11.1 Å². The van der Waals surface area contributed by atoms with Crippen molar-refractivity contribution in [3.8, 4) is 6.07 Å². The van der Waals surface area contributed by atoms with Gasteiger partial charge >= 0.3 is 5.97 Å². The molecule has 0 aromatic carbocycles. The minimum atomic E-state index is -1.07. The van der Waals surface area contributed by atoms with Crippen molar-refractivity contribution in [3.05, 3.63) is 29.1 Å². The van der Waals surface area contributed by atoms with Crippen LogP contribution < -0.4 is 5.32 Å². The molecule has 1 aromatic heterocycles. The number of rotatable bonds is 2. The Labute approximate surface area is 99.1 Å². The lowest BCUT2D eigenvalue weighted by molar-refractivity contribution is 0.0696. The molecule has 1 aliphatic heterocycles. The Kier molecular flexibility index (Phi) is 3.35. The maximum Gasteiger partial charge on any atom is 0.337 e. The van der Waals surface area contributed by atoms with Crippen molar-refractivity contribution in [1.29, 1.82) is 5.26 Å². The first-order valence-electron chi connectivity index (χ1n) is 5.56. The van der Waals surface area contributed by atoms with Crippen LogP contribution in [0.3, 0.4) is 0 Å². The molecule has 0 radical (unpaired) electrons. The SMILES string of the molecule is N#Cc1cnc(C2CCNCC2)cc1C(=O)O. The summed E-state index contributed by atoms with van der Waals surface area (Å²) in [7, 11) is 0. The number of hydrogen-bond acceptors (Lipinski definition) is 4. The van der Waals surface area contributed by atoms with E-state index in [1.807, 2.05) is 6.07 Å². The molecule has 1 aliphatic rings. The Hall–Kier alpha value is -1.93. The van der Waals surface area contributed by atoms with E-state index in [0.29, 0.717) is 5.92 Å². The van der Waals surface area contributed by atoms with Crippen LogP contribution in [-0.4, -0.2) is 29.1 Å². The average Bonchev–Trinajstić information content (AvgIpc) is 2.39. The van der Waals surface area contributed by atoms with Crippen molar-refractivity contribution in [2.24, 2.45) is 0 Å². The highest BCUT2D eigenvalue weighted by molar-refractivity contribution is 5.90. The third kappa shape index (κ3) is 2.43. The van der Waals surface area contributed by atoms with E-state index in [4.69, 9.17) is 10.4 Å². The van der Waals surface area contributed by atoms with Gasteiger partial charge in [-0.15, -0.1) is 0 Å². The van der Waals surface area contributed by atoms with Crippen LogP contribution in [-0.2, 0) is 0 Å². The van der Waals surface area contributed by atoms with Gasteiger partial charge in [-0.25, -0.2) is 4.79 Å². The summed E-state index contributed by atoms with van der Waals surface area (Å²) in [5.41, 5.74) is 0.953. The molecule has 5 nitrogen and oxygen atoms in total. The van der Waals surface area contributed by atoms with Gasteiger partial charge in [0.05, 0.1) is 11.1 Å². The van der Waals surface area contributed by atoms with Crippen LogP contribution in [0.1, 0.15) is 40.4 Å². The zero-order chi connectivity index (χ0) is 12.3. The molecule has 1 saturated heterocycles. The summed E-state index contributed by atoms with van der Waals surface area (Å²) >= 11 is 0. The van der Waals surface area contributed by atoms with Gasteiger partial charge in [-0.3, -0.25) is 4.98 Å². The number of carbonyl (C=O) groups is 1. The first-order chi connectivity index (χ1) is 8.22. The van der Waals surface area contributed by atoms with Crippen molar-refractivity contribution in [2.75, 3.05) is 13.1 Å². The van der Waals surface area contributed by atoms with Gasteiger partial charge in [-0.05, 0) is 32.0 Å². The lowest BCUT2D eigenvalue weighted by Gasteiger charge is -2.22. The number of hydrogen-bond donors (Lipinski definition) is 2.